The van der Waals surface area contributed by atoms with E-state index in [4.69, 9.17) is 11.5 Å². The molecule has 1 fully saturated rings. The minimum Gasteiger partial charge on any atom is -0.365 e. The number of hydrogen-bond acceptors (Lipinski definition) is 7. The highest BCUT2D eigenvalue weighted by atomic mass is 19.1. The zero-order chi connectivity index (χ0) is 21.6. The smallest absolute Gasteiger partial charge is 0.252 e. The van der Waals surface area contributed by atoms with Gasteiger partial charge >= 0.3 is 0 Å². The Hall–Kier alpha value is -3.27. The third-order valence-corrected chi connectivity index (χ3v) is 5.37. The van der Waals surface area contributed by atoms with Crippen molar-refractivity contribution in [3.8, 4) is 0 Å². The van der Waals surface area contributed by atoms with Gasteiger partial charge in [0.25, 0.3) is 5.91 Å². The molecule has 0 saturated heterocycles. The van der Waals surface area contributed by atoms with Crippen molar-refractivity contribution in [1.82, 2.24) is 19.7 Å². The fourth-order valence-electron chi connectivity index (χ4n) is 3.68. The first-order valence-corrected chi connectivity index (χ1v) is 9.83. The zero-order valence-electron chi connectivity index (χ0n) is 17.1. The molecule has 0 spiro atoms. The van der Waals surface area contributed by atoms with Crippen LogP contribution in [-0.4, -0.2) is 37.7 Å². The first-order valence-electron chi connectivity index (χ1n) is 9.83. The molecule has 3 aromatic heterocycles. The Balaban J connectivity index is 1.70. The number of amides is 1. The van der Waals surface area contributed by atoms with Crippen LogP contribution in [-0.2, 0) is 7.05 Å². The summed E-state index contributed by atoms with van der Waals surface area (Å²) in [5.41, 5.74) is 13.6. The monoisotopic (exact) mass is 412 g/mol. The van der Waals surface area contributed by atoms with Gasteiger partial charge in [0.05, 0.1) is 23.1 Å². The third kappa shape index (κ3) is 3.78. The third-order valence-electron chi connectivity index (χ3n) is 5.37. The number of rotatable bonds is 7. The van der Waals surface area contributed by atoms with Crippen molar-refractivity contribution in [3.63, 3.8) is 0 Å². The van der Waals surface area contributed by atoms with E-state index in [1.54, 1.807) is 10.9 Å². The Kier molecular flexibility index (Phi) is 5.02. The number of carbonyl (C=O) groups excluding carboxylic acids is 1. The maximum Gasteiger partial charge on any atom is 0.252 e. The molecule has 0 radical (unpaired) electrons. The summed E-state index contributed by atoms with van der Waals surface area (Å²) < 4.78 is 16.4. The lowest BCUT2D eigenvalue weighted by Gasteiger charge is -2.23. The molecule has 6 N–H and O–H groups in total. The zero-order valence-corrected chi connectivity index (χ0v) is 17.1. The van der Waals surface area contributed by atoms with Crippen LogP contribution in [0.4, 0.5) is 21.7 Å². The van der Waals surface area contributed by atoms with Crippen LogP contribution in [0.2, 0.25) is 0 Å². The van der Waals surface area contributed by atoms with Gasteiger partial charge in [0.2, 0.25) is 0 Å². The maximum absolute atomic E-state index is 14.7. The molecule has 9 nitrogen and oxygen atoms in total. The summed E-state index contributed by atoms with van der Waals surface area (Å²) in [6.45, 7) is 3.76. The Bertz CT molecular complexity index is 1120. The Morgan fingerprint density at radius 2 is 2.07 bits per heavy atom. The van der Waals surface area contributed by atoms with Crippen LogP contribution >= 0.6 is 0 Å². The number of nitrogens with zero attached hydrogens (tertiary/aromatic N) is 4. The minimum atomic E-state index is -0.784. The summed E-state index contributed by atoms with van der Waals surface area (Å²) in [5.74, 6) is -0.875. The van der Waals surface area contributed by atoms with Gasteiger partial charge in [-0.15, -0.1) is 0 Å². The second-order valence-electron chi connectivity index (χ2n) is 7.88. The largest absolute Gasteiger partial charge is 0.365 e. The van der Waals surface area contributed by atoms with E-state index in [1.807, 2.05) is 27.0 Å². The summed E-state index contributed by atoms with van der Waals surface area (Å²) in [7, 11) is 1.81. The molecule has 158 valence electrons. The van der Waals surface area contributed by atoms with Crippen molar-refractivity contribution in [3.05, 3.63) is 35.4 Å². The van der Waals surface area contributed by atoms with Crippen LogP contribution in [0.1, 0.15) is 35.8 Å². The van der Waals surface area contributed by atoms with Gasteiger partial charge in [-0.25, -0.2) is 14.4 Å². The van der Waals surface area contributed by atoms with Crippen LogP contribution in [0.5, 0.6) is 0 Å². The summed E-state index contributed by atoms with van der Waals surface area (Å²) >= 11 is 0. The van der Waals surface area contributed by atoms with E-state index < -0.39 is 11.7 Å². The first kappa shape index (κ1) is 20.0. The summed E-state index contributed by atoms with van der Waals surface area (Å²) in [6.07, 6.45) is 3.68. The van der Waals surface area contributed by atoms with Gasteiger partial charge < -0.3 is 22.1 Å². The quantitative estimate of drug-likeness (QED) is 0.467. The standard InChI is InChI=1S/C20H25FN8O/c1-9(22)16(11-4-5-11)26-19-15(21)7-14(17(23)30)18(27-19)25-12-6-13-10(2)28-29(3)20(13)24-8-12/h6-9,11,16H,4-5,22H2,1-3H3,(H2,23,30)(H2,25,26,27)/t9-,16-/m0/s1. The molecule has 1 amide bonds. The highest BCUT2D eigenvalue weighted by Gasteiger charge is 2.34. The Morgan fingerprint density at radius 3 is 2.70 bits per heavy atom. The summed E-state index contributed by atoms with van der Waals surface area (Å²) in [6, 6.07) is 2.66. The van der Waals surface area contributed by atoms with Crippen molar-refractivity contribution in [2.24, 2.45) is 24.4 Å². The van der Waals surface area contributed by atoms with Gasteiger partial charge in [-0.1, -0.05) is 0 Å². The van der Waals surface area contributed by atoms with E-state index in [2.05, 4.69) is 25.7 Å². The number of nitrogens with one attached hydrogen (secondary N) is 2. The Labute approximate surface area is 173 Å². The lowest BCUT2D eigenvalue weighted by atomic mass is 10.1. The van der Waals surface area contributed by atoms with Crippen LogP contribution in [0, 0.1) is 18.7 Å². The van der Waals surface area contributed by atoms with Gasteiger partial charge in [0, 0.05) is 24.5 Å². The summed E-state index contributed by atoms with van der Waals surface area (Å²) in [4.78, 5) is 20.6. The molecule has 0 aliphatic heterocycles. The molecular weight excluding hydrogens is 387 g/mol. The van der Waals surface area contributed by atoms with Crippen molar-refractivity contribution < 1.29 is 9.18 Å². The van der Waals surface area contributed by atoms with Crippen molar-refractivity contribution in [1.29, 1.82) is 0 Å². The molecule has 3 heterocycles. The molecular formula is C20H25FN8O. The lowest BCUT2D eigenvalue weighted by Crippen LogP contribution is -2.40. The van der Waals surface area contributed by atoms with Crippen molar-refractivity contribution >= 4 is 34.3 Å². The van der Waals surface area contributed by atoms with E-state index in [-0.39, 0.29) is 29.3 Å². The minimum absolute atomic E-state index is 0.0308. The van der Waals surface area contributed by atoms with Crippen LogP contribution in [0.25, 0.3) is 11.0 Å². The van der Waals surface area contributed by atoms with E-state index in [9.17, 15) is 9.18 Å². The highest BCUT2D eigenvalue weighted by molar-refractivity contribution is 5.98. The van der Waals surface area contributed by atoms with E-state index in [1.165, 1.54) is 0 Å². The summed E-state index contributed by atoms with van der Waals surface area (Å²) in [5, 5.41) is 11.4. The van der Waals surface area contributed by atoms with E-state index in [0.717, 1.165) is 35.6 Å². The van der Waals surface area contributed by atoms with E-state index >= 15 is 0 Å². The molecule has 1 aliphatic rings. The number of aromatic nitrogens is 4. The number of aryl methyl sites for hydroxylation is 2. The predicted octanol–water partition coefficient (Wildman–Crippen LogP) is 2.19. The van der Waals surface area contributed by atoms with Crippen molar-refractivity contribution in [2.75, 3.05) is 10.6 Å². The number of primary amides is 1. The molecule has 0 aromatic carbocycles. The predicted molar refractivity (Wildman–Crippen MR) is 113 cm³/mol. The van der Waals surface area contributed by atoms with Crippen LogP contribution in [0.3, 0.4) is 0 Å². The average Bonchev–Trinajstić information content (AvgIpc) is 3.47. The van der Waals surface area contributed by atoms with Gasteiger partial charge in [-0.05, 0) is 44.7 Å². The normalized spacial score (nSPS) is 15.8. The molecule has 30 heavy (non-hydrogen) atoms. The van der Waals surface area contributed by atoms with Gasteiger partial charge in [0.15, 0.2) is 17.3 Å². The van der Waals surface area contributed by atoms with E-state index in [0.29, 0.717) is 11.6 Å². The highest BCUT2D eigenvalue weighted by Crippen LogP contribution is 2.36. The first-order chi connectivity index (χ1) is 14.2. The van der Waals surface area contributed by atoms with Gasteiger partial charge in [-0.3, -0.25) is 9.48 Å². The second-order valence-corrected chi connectivity index (χ2v) is 7.88. The lowest BCUT2D eigenvalue weighted by molar-refractivity contribution is 0.100. The number of carbonyl (C=O) groups is 1. The molecule has 3 aromatic rings. The fraction of sp³-hybridized carbons (Fsp3) is 0.400. The Morgan fingerprint density at radius 1 is 1.33 bits per heavy atom. The number of halogens is 1. The molecule has 0 bridgehead atoms. The number of nitrogens with two attached hydrogens (primary N) is 2. The topological polar surface area (TPSA) is 137 Å². The second kappa shape index (κ2) is 7.52. The molecule has 2 atom stereocenters. The number of anilines is 3. The van der Waals surface area contributed by atoms with Gasteiger partial charge in [-0.2, -0.15) is 5.10 Å². The SMILES string of the molecule is Cc1nn(C)c2ncc(Nc3nc(N[C@H](C4CC4)[C@H](C)N)c(F)cc3C(N)=O)cc12. The molecule has 0 unspecified atom stereocenters. The average molecular weight is 412 g/mol. The van der Waals surface area contributed by atoms with Crippen LogP contribution < -0.4 is 22.1 Å². The number of pyridine rings is 2. The van der Waals surface area contributed by atoms with Crippen molar-refractivity contribution in [2.45, 2.75) is 38.8 Å². The maximum atomic E-state index is 14.7. The molecule has 4 rings (SSSR count). The number of hydrogen-bond donors (Lipinski definition) is 4. The molecule has 1 saturated carbocycles. The van der Waals surface area contributed by atoms with Crippen LogP contribution in [0.15, 0.2) is 18.3 Å². The fourth-order valence-corrected chi connectivity index (χ4v) is 3.68. The van der Waals surface area contributed by atoms with Gasteiger partial charge in [0.1, 0.15) is 5.82 Å². The number of fused-ring (bicyclic) bond motifs is 1. The molecule has 10 heteroatoms. The molecule has 1 aliphatic carbocycles.